The van der Waals surface area contributed by atoms with Gasteiger partial charge in [-0.2, -0.15) is 21.0 Å². The minimum Gasteiger partial charge on any atom is -0.481 e. The zero-order valence-electron chi connectivity index (χ0n) is 65.7. The molecule has 0 saturated carbocycles. The van der Waals surface area contributed by atoms with Gasteiger partial charge < -0.3 is 25.8 Å². The van der Waals surface area contributed by atoms with E-state index in [-0.39, 0.29) is 17.3 Å². The van der Waals surface area contributed by atoms with Gasteiger partial charge in [0.1, 0.15) is 18.2 Å². The molecule has 34 nitrogen and oxygen atoms in total. The molecule has 36 heteroatoms. The number of thioether (sulfide) groups is 1. The number of hydrogen-bond donors (Lipinski definition) is 5. The van der Waals surface area contributed by atoms with Gasteiger partial charge in [-0.3, -0.25) is 89.3 Å². The van der Waals surface area contributed by atoms with E-state index in [4.69, 9.17) is 53.9 Å². The molecule has 0 radical (unpaired) electrons. The second kappa shape index (κ2) is 68.4. The number of nitriles is 4. The van der Waals surface area contributed by atoms with Gasteiger partial charge >= 0.3 is 23.9 Å². The number of pyridine rings is 13. The van der Waals surface area contributed by atoms with Crippen molar-refractivity contribution in [3.05, 3.63) is 402 Å². The maximum Gasteiger partial charge on any atom is 0.335 e. The van der Waals surface area contributed by atoms with Crippen LogP contribution >= 0.6 is 23.8 Å². The van der Waals surface area contributed by atoms with Crippen LogP contribution in [0.4, 0.5) is 5.69 Å². The van der Waals surface area contributed by atoms with Crippen molar-refractivity contribution in [2.24, 2.45) is 5.73 Å². The lowest BCUT2D eigenvalue weighted by Gasteiger charge is -1.98. The van der Waals surface area contributed by atoms with Gasteiger partial charge in [-0.25, -0.2) is 19.7 Å². The van der Waals surface area contributed by atoms with Gasteiger partial charge in [0, 0.05) is 208 Å². The lowest BCUT2D eigenvalue weighted by atomic mass is 10.1. The summed E-state index contributed by atoms with van der Waals surface area (Å²) in [5, 5.41) is 79.5. The predicted molar refractivity (Wildman–Crippen MR) is 456 cm³/mol. The van der Waals surface area contributed by atoms with E-state index < -0.39 is 28.7 Å². The quantitative estimate of drug-likeness (QED) is 0.00577. The Kier molecular flexibility index (Phi) is 56.9. The van der Waals surface area contributed by atoms with Crippen LogP contribution in [0.2, 0.25) is 0 Å². The van der Waals surface area contributed by atoms with Crippen molar-refractivity contribution in [1.82, 2.24) is 64.8 Å². The predicted octanol–water partition coefficient (Wildman–Crippen LogP) is 14.6. The fourth-order valence-corrected chi connectivity index (χ4v) is 8.85. The Labute approximate surface area is 715 Å². The Morgan fingerprint density at radius 2 is 1.02 bits per heavy atom. The summed E-state index contributed by atoms with van der Waals surface area (Å²) in [4.78, 5) is 115. The average Bonchev–Trinajstić information content (AvgIpc) is 0.887. The van der Waals surface area contributed by atoms with Gasteiger partial charge in [0.15, 0.2) is 5.69 Å². The van der Waals surface area contributed by atoms with E-state index in [1.807, 2.05) is 91.9 Å². The number of amides is 1. The molecule has 1 amide bonds. The van der Waals surface area contributed by atoms with Crippen molar-refractivity contribution in [3.8, 4) is 35.4 Å². The number of primary amides is 1. The molecule has 0 fully saturated rings. The van der Waals surface area contributed by atoms with Crippen LogP contribution in [-0.2, 0) is 47.8 Å². The van der Waals surface area contributed by atoms with E-state index in [2.05, 4.69) is 83.7 Å². The highest BCUT2D eigenvalue weighted by Crippen LogP contribution is 2.17. The van der Waals surface area contributed by atoms with Gasteiger partial charge in [0.25, 0.3) is 0 Å². The van der Waals surface area contributed by atoms with Crippen LogP contribution in [0, 0.1) is 68.9 Å². The number of methoxy groups -OCH3 is 1. The summed E-state index contributed by atoms with van der Waals surface area (Å²) < 4.78 is 8.72. The van der Waals surface area contributed by atoms with Crippen LogP contribution in [-0.4, -0.2) is 139 Å². The molecule has 0 unspecified atom stereocenters. The van der Waals surface area contributed by atoms with Crippen molar-refractivity contribution >= 4 is 71.4 Å². The highest BCUT2D eigenvalue weighted by atomic mass is 32.2. The molecular weight excluding hydrogens is 1610 g/mol. The molecule has 0 aliphatic carbocycles. The second-order valence-corrected chi connectivity index (χ2v) is 24.2. The molecule has 0 aliphatic rings. The SMILES string of the molecule is COC(=O)CCc1cccnc1.Cc1cncc(C#N)c1.N#CCc1cccnc1.N#Cc1ccncc1C#N.NC(=O)c1ccncc1.O=C(O)/C=C/c1ccncc1.O=C(O)CSc1ccncc1.O=C(O)c1ccncc1.O=[N+]([O-])/C=C/c1cccnc1.OOOSCCc1ccncc1.[C-]#[N+]c1ccncc1.c1cc(-c2ccncc2)ccn1. The third-order valence-electron chi connectivity index (χ3n) is 13.5. The summed E-state index contributed by atoms with van der Waals surface area (Å²) in [6, 6.07) is 50.3. The van der Waals surface area contributed by atoms with Gasteiger partial charge in [-0.15, -0.1) is 16.1 Å². The van der Waals surface area contributed by atoms with E-state index in [0.29, 0.717) is 47.2 Å². The number of carboxylic acids is 3. The lowest BCUT2D eigenvalue weighted by molar-refractivity contribution is -0.432. The lowest BCUT2D eigenvalue weighted by Crippen LogP contribution is -2.10. The minimum absolute atomic E-state index is 0.101. The zero-order valence-corrected chi connectivity index (χ0v) is 67.3. The number of carboxylic acid groups (broad SMARTS) is 3. The highest BCUT2D eigenvalue weighted by molar-refractivity contribution is 8.00. The molecule has 123 heavy (non-hydrogen) atoms. The Morgan fingerprint density at radius 3 is 1.42 bits per heavy atom. The number of aryl methyl sites for hydroxylation is 3. The van der Waals surface area contributed by atoms with Crippen LogP contribution in [0.1, 0.15) is 77.2 Å². The van der Waals surface area contributed by atoms with Crippen LogP contribution < -0.4 is 5.73 Å². The Hall–Kier alpha value is -16.8. The molecule has 0 saturated heterocycles. The van der Waals surface area contributed by atoms with Crippen molar-refractivity contribution in [2.45, 2.75) is 37.5 Å². The summed E-state index contributed by atoms with van der Waals surface area (Å²) in [5.74, 6) is -2.43. The number of nitrogens with zero attached hydrogens (tertiary/aromatic N) is 19. The first-order valence-corrected chi connectivity index (χ1v) is 37.1. The molecular formula is C87H78N20O14S2. The molecule has 0 atom stereocenters. The maximum absolute atomic E-state index is 10.7. The van der Waals surface area contributed by atoms with Crippen LogP contribution in [0.15, 0.2) is 324 Å². The zero-order chi connectivity index (χ0) is 89.8. The Morgan fingerprint density at radius 1 is 0.528 bits per heavy atom. The molecule has 13 rings (SSSR count). The first-order chi connectivity index (χ1) is 59.8. The van der Waals surface area contributed by atoms with E-state index in [1.54, 1.807) is 191 Å². The molecule has 0 spiro atoms. The maximum atomic E-state index is 10.7. The number of aliphatic carboxylic acids is 2. The number of aromatic nitrogens is 13. The molecule has 13 heterocycles. The smallest absolute Gasteiger partial charge is 0.335 e. The van der Waals surface area contributed by atoms with Gasteiger partial charge in [-0.1, -0.05) is 23.2 Å². The fourth-order valence-electron chi connectivity index (χ4n) is 7.81. The minimum atomic E-state index is -0.943. The van der Waals surface area contributed by atoms with Gasteiger partial charge in [0.05, 0.1) is 59.1 Å². The highest BCUT2D eigenvalue weighted by Gasteiger charge is 2.03. The summed E-state index contributed by atoms with van der Waals surface area (Å²) in [6.45, 7) is 8.45. The average molecular weight is 1690 g/mol. The Bertz CT molecular complexity index is 5200. The summed E-state index contributed by atoms with van der Waals surface area (Å²) in [5.41, 5.74) is 15.8. The normalized spacial score (nSPS) is 9.19. The summed E-state index contributed by atoms with van der Waals surface area (Å²) >= 11 is 2.34. The van der Waals surface area contributed by atoms with Crippen molar-refractivity contribution in [2.75, 3.05) is 18.6 Å². The number of nitrogens with two attached hydrogens (primary N) is 1. The largest absolute Gasteiger partial charge is 0.481 e. The molecule has 13 aromatic rings. The third kappa shape index (κ3) is 54.6. The van der Waals surface area contributed by atoms with E-state index >= 15 is 0 Å². The van der Waals surface area contributed by atoms with Crippen LogP contribution in [0.3, 0.4) is 0 Å². The number of nitro groups is 1. The van der Waals surface area contributed by atoms with E-state index in [9.17, 15) is 34.1 Å². The van der Waals surface area contributed by atoms with Crippen molar-refractivity contribution in [3.63, 3.8) is 0 Å². The second-order valence-electron chi connectivity index (χ2n) is 22.3. The number of carbonyl (C=O) groups is 5. The molecule has 0 aliphatic heterocycles. The molecule has 13 aromatic heterocycles. The number of esters is 1. The molecule has 622 valence electrons. The number of rotatable bonds is 19. The van der Waals surface area contributed by atoms with Gasteiger partial charge in [-0.05, 0) is 198 Å². The summed E-state index contributed by atoms with van der Waals surface area (Å²) in [6.07, 6.45) is 49.8. The van der Waals surface area contributed by atoms with Gasteiger partial charge in [0.2, 0.25) is 12.1 Å². The first-order valence-electron chi connectivity index (χ1n) is 35.2. The first kappa shape index (κ1) is 102. The fraction of sp³-hybridized carbons (Fsp3) is 0.0920. The summed E-state index contributed by atoms with van der Waals surface area (Å²) in [7, 11) is 1.39. The van der Waals surface area contributed by atoms with Crippen LogP contribution in [0.5, 0.6) is 0 Å². The van der Waals surface area contributed by atoms with Crippen LogP contribution in [0.25, 0.3) is 28.1 Å². The van der Waals surface area contributed by atoms with E-state index in [1.165, 1.54) is 103 Å². The third-order valence-corrected chi connectivity index (χ3v) is 15.1. The topological polar surface area (TPSA) is 530 Å². The molecule has 0 bridgehead atoms. The Balaban J connectivity index is 0.000000455. The number of ether oxygens (including phenoxy) is 1. The molecule has 6 N–H and O–H groups in total. The number of hydrogen-bond acceptors (Lipinski definition) is 30. The monoisotopic (exact) mass is 1690 g/mol. The van der Waals surface area contributed by atoms with E-state index in [0.717, 1.165) is 69.2 Å². The number of carbonyl (C=O) groups excluding carboxylic acids is 2. The standard InChI is InChI=1S/C10H8N2.C9H11NO2.C8H7NO2.C7H3N3.C7H6N2O2.2C7H6N2.C7H9NO3S.C7H7NO2S.C6H6N2O.C6H4N2.C6H5NO2/c1-5-11-6-2-9(1)10-3-7-12-8-4-10;1-12-9(11)5-4-8-3-2-6-10-7-8;10-8(11)2-1-7-3-5-9-6-4-7;8-3-6-1-2-10-5-7(6)4-9;10-9(11)5-3-7-2-1-4-8-6-7;1-6-2-7(3-8)5-9-4-6;8-4-3-7-2-1-5-9-6-7;9-10-11-12-6-3-7-1-4-8-5-2-7;9-7(10)5-11-6-1-3-8-4-2-6;7-6(9)5-1-3-8-4-2-5;1-7-6-2-4-8-5-3-6;8-6(9)5-1-3-7-4-2-5/h1-8H;2-3,6-7H,4-5H2,1H3;1-6H,(H,10,11);1-2,5H;1-6H;2,4-5H,1H3;1-2,5-6H,3H2;1-2,4-5,9H,3,6H2;1-4H,5H2,(H,9,10);1-4H,(H2,7,9);2-5H;1-4H,(H,8,9)/b;;2-1+;;5-3+;;;;;;;. The molecule has 0 aromatic carbocycles. The van der Waals surface area contributed by atoms with Crippen molar-refractivity contribution in [1.29, 1.82) is 21.0 Å². The van der Waals surface area contributed by atoms with Crippen molar-refractivity contribution < 1.29 is 63.6 Å². The number of aromatic carboxylic acids is 1.